The average molecular weight is 246 g/mol. The van der Waals surface area contributed by atoms with E-state index in [-0.39, 0.29) is 12.7 Å². The van der Waals surface area contributed by atoms with Gasteiger partial charge in [-0.2, -0.15) is 0 Å². The number of esters is 1. The van der Waals surface area contributed by atoms with Gasteiger partial charge in [0.1, 0.15) is 6.61 Å². The van der Waals surface area contributed by atoms with Crippen molar-refractivity contribution in [3.63, 3.8) is 0 Å². The van der Waals surface area contributed by atoms with Gasteiger partial charge in [0.25, 0.3) is 0 Å². The lowest BCUT2D eigenvalue weighted by atomic mass is 10.1. The molecule has 1 fully saturated rings. The number of rotatable bonds is 7. The fourth-order valence-electron chi connectivity index (χ4n) is 1.72. The largest absolute Gasteiger partial charge is 0.463 e. The van der Waals surface area contributed by atoms with Crippen LogP contribution in [0.5, 0.6) is 0 Å². The minimum Gasteiger partial charge on any atom is -0.463 e. The minimum atomic E-state index is -1.20. The molecule has 1 saturated carbocycles. The maximum atomic E-state index is 10.6. The highest BCUT2D eigenvalue weighted by molar-refractivity contribution is 5.65. The topological polar surface area (TPSA) is 76.0 Å². The van der Waals surface area contributed by atoms with Crippen LogP contribution in [0.15, 0.2) is 0 Å². The summed E-state index contributed by atoms with van der Waals surface area (Å²) in [5.41, 5.74) is 0. The Labute approximate surface area is 102 Å². The lowest BCUT2D eigenvalue weighted by Gasteiger charge is -2.27. The predicted molar refractivity (Wildman–Crippen MR) is 61.2 cm³/mol. The fourth-order valence-corrected chi connectivity index (χ4v) is 1.72. The third-order valence-corrected chi connectivity index (χ3v) is 2.57. The van der Waals surface area contributed by atoms with Gasteiger partial charge >= 0.3 is 5.97 Å². The van der Waals surface area contributed by atoms with Crippen LogP contribution in [0.2, 0.25) is 0 Å². The summed E-state index contributed by atoms with van der Waals surface area (Å²) < 4.78 is 10.2. The summed E-state index contributed by atoms with van der Waals surface area (Å²) in [4.78, 5) is 10.6. The summed E-state index contributed by atoms with van der Waals surface area (Å²) in [7, 11) is 0. The summed E-state index contributed by atoms with van der Waals surface area (Å²) in [5, 5.41) is 19.3. The van der Waals surface area contributed by atoms with Crippen molar-refractivity contribution in [1.82, 2.24) is 0 Å². The van der Waals surface area contributed by atoms with E-state index in [4.69, 9.17) is 9.47 Å². The Balaban J connectivity index is 2.35. The Kier molecular flexibility index (Phi) is 4.91. The molecule has 0 aliphatic heterocycles. The van der Waals surface area contributed by atoms with Gasteiger partial charge in [0.2, 0.25) is 0 Å². The second-order valence-corrected chi connectivity index (χ2v) is 5.13. The van der Waals surface area contributed by atoms with Crippen LogP contribution in [0.1, 0.15) is 40.0 Å². The molecule has 17 heavy (non-hydrogen) atoms. The molecule has 5 nitrogen and oxygen atoms in total. The van der Waals surface area contributed by atoms with E-state index in [2.05, 4.69) is 0 Å². The molecule has 1 aliphatic rings. The number of carbonyl (C=O) groups excluding carboxylic acids is 1. The highest BCUT2D eigenvalue weighted by Crippen LogP contribution is 2.37. The van der Waals surface area contributed by atoms with Gasteiger partial charge in [-0.05, 0) is 32.6 Å². The van der Waals surface area contributed by atoms with Crippen molar-refractivity contribution < 1.29 is 24.5 Å². The van der Waals surface area contributed by atoms with Crippen LogP contribution in [0, 0.1) is 5.92 Å². The molecule has 0 amide bonds. The van der Waals surface area contributed by atoms with Crippen LogP contribution in [-0.2, 0) is 14.3 Å². The summed E-state index contributed by atoms with van der Waals surface area (Å²) >= 11 is 0. The molecule has 100 valence electrons. The SMILES string of the molecule is CC(=O)OCC(O)CC(OC(C)(C)O)C1CC1. The zero-order chi connectivity index (χ0) is 13.1. The normalized spacial score (nSPS) is 19.8. The van der Waals surface area contributed by atoms with Gasteiger partial charge in [0, 0.05) is 13.3 Å². The molecule has 0 radical (unpaired) electrons. The van der Waals surface area contributed by atoms with E-state index in [9.17, 15) is 15.0 Å². The zero-order valence-corrected chi connectivity index (χ0v) is 10.7. The van der Waals surface area contributed by atoms with Crippen molar-refractivity contribution in [3.05, 3.63) is 0 Å². The first-order valence-electron chi connectivity index (χ1n) is 5.99. The van der Waals surface area contributed by atoms with Crippen LogP contribution in [-0.4, -0.2) is 40.8 Å². The Morgan fingerprint density at radius 2 is 2.06 bits per heavy atom. The predicted octanol–water partition coefficient (Wildman–Crippen LogP) is 0.824. The Bertz CT molecular complexity index is 254. The molecule has 0 aromatic heterocycles. The molecule has 0 saturated heterocycles. The van der Waals surface area contributed by atoms with Crippen LogP contribution in [0.4, 0.5) is 0 Å². The summed E-state index contributed by atoms with van der Waals surface area (Å²) in [6.07, 6.45) is 1.57. The van der Waals surface area contributed by atoms with E-state index in [1.165, 1.54) is 6.92 Å². The molecule has 1 aliphatic carbocycles. The van der Waals surface area contributed by atoms with E-state index in [1.807, 2.05) is 0 Å². The van der Waals surface area contributed by atoms with Crippen molar-refractivity contribution >= 4 is 5.97 Å². The highest BCUT2D eigenvalue weighted by Gasteiger charge is 2.36. The Morgan fingerprint density at radius 3 is 2.47 bits per heavy atom. The van der Waals surface area contributed by atoms with Crippen LogP contribution in [0.3, 0.4) is 0 Å². The Morgan fingerprint density at radius 1 is 1.47 bits per heavy atom. The first-order chi connectivity index (χ1) is 7.78. The lowest BCUT2D eigenvalue weighted by molar-refractivity contribution is -0.216. The van der Waals surface area contributed by atoms with Crippen molar-refractivity contribution in [1.29, 1.82) is 0 Å². The number of carbonyl (C=O) groups is 1. The zero-order valence-electron chi connectivity index (χ0n) is 10.7. The van der Waals surface area contributed by atoms with Gasteiger partial charge in [-0.25, -0.2) is 0 Å². The first kappa shape index (κ1) is 14.4. The third kappa shape index (κ3) is 6.61. The van der Waals surface area contributed by atoms with Crippen LogP contribution >= 0.6 is 0 Å². The molecule has 0 spiro atoms. The lowest BCUT2D eigenvalue weighted by Crippen LogP contribution is -2.35. The van der Waals surface area contributed by atoms with E-state index >= 15 is 0 Å². The number of hydrogen-bond acceptors (Lipinski definition) is 5. The molecule has 2 unspecified atom stereocenters. The molecular formula is C12H22O5. The van der Waals surface area contributed by atoms with Gasteiger partial charge in [0.15, 0.2) is 5.79 Å². The average Bonchev–Trinajstić information content (AvgIpc) is 2.94. The summed E-state index contributed by atoms with van der Waals surface area (Å²) in [5.74, 6) is -1.21. The molecule has 0 bridgehead atoms. The smallest absolute Gasteiger partial charge is 0.302 e. The molecular weight excluding hydrogens is 224 g/mol. The van der Waals surface area contributed by atoms with Crippen molar-refractivity contribution in [3.8, 4) is 0 Å². The van der Waals surface area contributed by atoms with Crippen molar-refractivity contribution in [2.75, 3.05) is 6.61 Å². The van der Waals surface area contributed by atoms with E-state index in [0.717, 1.165) is 12.8 Å². The van der Waals surface area contributed by atoms with E-state index < -0.39 is 17.9 Å². The van der Waals surface area contributed by atoms with E-state index in [0.29, 0.717) is 12.3 Å². The maximum absolute atomic E-state index is 10.6. The molecule has 5 heteroatoms. The van der Waals surface area contributed by atoms with Crippen LogP contribution in [0.25, 0.3) is 0 Å². The van der Waals surface area contributed by atoms with Gasteiger partial charge in [0.05, 0.1) is 12.2 Å². The molecule has 0 aromatic carbocycles. The number of hydrogen-bond donors (Lipinski definition) is 2. The number of aliphatic hydroxyl groups excluding tert-OH is 1. The third-order valence-electron chi connectivity index (χ3n) is 2.57. The first-order valence-corrected chi connectivity index (χ1v) is 5.99. The fraction of sp³-hybridized carbons (Fsp3) is 0.917. The molecule has 2 N–H and O–H groups in total. The highest BCUT2D eigenvalue weighted by atomic mass is 16.6. The molecule has 0 aromatic rings. The standard InChI is InChI=1S/C12H22O5/c1-8(13)16-7-10(14)6-11(9-4-5-9)17-12(2,3)15/h9-11,14-15H,4-7H2,1-3H3. The monoisotopic (exact) mass is 246 g/mol. The second kappa shape index (κ2) is 5.80. The van der Waals surface area contributed by atoms with Gasteiger partial charge < -0.3 is 19.7 Å². The van der Waals surface area contributed by atoms with Gasteiger partial charge in [-0.1, -0.05) is 0 Å². The second-order valence-electron chi connectivity index (χ2n) is 5.13. The quantitative estimate of drug-likeness (QED) is 0.514. The van der Waals surface area contributed by atoms with E-state index in [1.54, 1.807) is 13.8 Å². The summed E-state index contributed by atoms with van der Waals surface area (Å²) in [6, 6.07) is 0. The van der Waals surface area contributed by atoms with Crippen molar-refractivity contribution in [2.45, 2.75) is 58.0 Å². The summed E-state index contributed by atoms with van der Waals surface area (Å²) in [6.45, 7) is 4.42. The van der Waals surface area contributed by atoms with Gasteiger partial charge in [-0.3, -0.25) is 4.79 Å². The number of aliphatic hydroxyl groups is 2. The minimum absolute atomic E-state index is 0.0201. The van der Waals surface area contributed by atoms with Gasteiger partial charge in [-0.15, -0.1) is 0 Å². The molecule has 2 atom stereocenters. The molecule has 0 heterocycles. The van der Waals surface area contributed by atoms with Crippen molar-refractivity contribution in [2.24, 2.45) is 5.92 Å². The molecule has 1 rings (SSSR count). The number of ether oxygens (including phenoxy) is 2. The van der Waals surface area contributed by atoms with Crippen LogP contribution < -0.4 is 0 Å². The maximum Gasteiger partial charge on any atom is 0.302 e. The Hall–Kier alpha value is -0.650.